The molecule has 0 aromatic heterocycles. The predicted molar refractivity (Wildman–Crippen MR) is 41.5 cm³/mol. The zero-order valence-corrected chi connectivity index (χ0v) is 6.77. The van der Waals surface area contributed by atoms with E-state index in [1.165, 1.54) is 5.54 Å². The molecule has 1 nitrogen and oxygen atoms in total. The fourth-order valence-corrected chi connectivity index (χ4v) is 1.33. The largest absolute Gasteiger partial charge is 0.234 e. The van der Waals surface area contributed by atoms with Crippen molar-refractivity contribution in [1.82, 2.24) is 0 Å². The summed E-state index contributed by atoms with van der Waals surface area (Å²) in [5.41, 5.74) is 2.29. The van der Waals surface area contributed by atoms with Gasteiger partial charge in [0.2, 0.25) is 0 Å². The SMILES string of the molecule is CC1(C)C(=C=O)[C@H]1/C=C\Cl. The number of hydrogen-bond acceptors (Lipinski definition) is 1. The zero-order valence-electron chi connectivity index (χ0n) is 6.02. The summed E-state index contributed by atoms with van der Waals surface area (Å²) in [6.45, 7) is 4.02. The highest BCUT2D eigenvalue weighted by atomic mass is 35.5. The summed E-state index contributed by atoms with van der Waals surface area (Å²) in [6.07, 6.45) is 1.82. The quantitative estimate of drug-likeness (QED) is 0.532. The molecule has 0 amide bonds. The van der Waals surface area contributed by atoms with Gasteiger partial charge in [0.1, 0.15) is 5.94 Å². The molecule has 0 aromatic carbocycles. The predicted octanol–water partition coefficient (Wildman–Crippen LogP) is 2.15. The summed E-state index contributed by atoms with van der Waals surface area (Å²) < 4.78 is 0. The molecule has 0 saturated heterocycles. The topological polar surface area (TPSA) is 17.1 Å². The molecule has 54 valence electrons. The van der Waals surface area contributed by atoms with E-state index in [9.17, 15) is 4.79 Å². The molecule has 2 heteroatoms. The molecule has 10 heavy (non-hydrogen) atoms. The summed E-state index contributed by atoms with van der Waals surface area (Å²) in [5.74, 6) is 2.15. The normalized spacial score (nSPS) is 28.7. The maximum absolute atomic E-state index is 10.2. The Morgan fingerprint density at radius 3 is 2.60 bits per heavy atom. The monoisotopic (exact) mass is 156 g/mol. The lowest BCUT2D eigenvalue weighted by molar-refractivity contribution is 0.566. The lowest BCUT2D eigenvalue weighted by atomic mass is 10.1. The Morgan fingerprint density at radius 1 is 1.70 bits per heavy atom. The molecule has 0 heterocycles. The van der Waals surface area contributed by atoms with Crippen LogP contribution in [0.3, 0.4) is 0 Å². The minimum atomic E-state index is 0.00708. The molecule has 1 aliphatic carbocycles. The number of rotatable bonds is 1. The van der Waals surface area contributed by atoms with E-state index < -0.39 is 0 Å². The van der Waals surface area contributed by atoms with Gasteiger partial charge in [-0.05, 0) is 0 Å². The molecule has 0 aromatic rings. The van der Waals surface area contributed by atoms with Crippen LogP contribution >= 0.6 is 11.6 Å². The van der Waals surface area contributed by atoms with Gasteiger partial charge in [0.05, 0.1) is 0 Å². The summed E-state index contributed by atoms with van der Waals surface area (Å²) >= 11 is 5.36. The maximum atomic E-state index is 10.2. The van der Waals surface area contributed by atoms with Crippen LogP contribution in [0, 0.1) is 11.3 Å². The molecule has 0 radical (unpaired) electrons. The van der Waals surface area contributed by atoms with Gasteiger partial charge in [-0.3, -0.25) is 0 Å². The number of hydrogen-bond donors (Lipinski definition) is 0. The molecule has 0 aliphatic heterocycles. The highest BCUT2D eigenvalue weighted by molar-refractivity contribution is 6.25. The maximum Gasteiger partial charge on any atom is 0.124 e. The van der Waals surface area contributed by atoms with Crippen LogP contribution in [0.5, 0.6) is 0 Å². The van der Waals surface area contributed by atoms with Crippen molar-refractivity contribution >= 4 is 17.5 Å². The molecular formula is C8H9ClO. The van der Waals surface area contributed by atoms with Crippen molar-refractivity contribution in [2.75, 3.05) is 0 Å². The molecule has 1 saturated carbocycles. The lowest BCUT2D eigenvalue weighted by Gasteiger charge is -1.91. The second-order valence-electron chi connectivity index (χ2n) is 3.03. The van der Waals surface area contributed by atoms with Crippen molar-refractivity contribution in [3.05, 3.63) is 17.2 Å². The number of halogens is 1. The van der Waals surface area contributed by atoms with Crippen LogP contribution in [0.25, 0.3) is 0 Å². The molecule has 1 rings (SSSR count). The van der Waals surface area contributed by atoms with Crippen molar-refractivity contribution in [3.63, 3.8) is 0 Å². The third kappa shape index (κ3) is 0.920. The Balaban J connectivity index is 2.81. The molecule has 0 spiro atoms. The minimum Gasteiger partial charge on any atom is -0.234 e. The van der Waals surface area contributed by atoms with Crippen LogP contribution in [-0.2, 0) is 4.79 Å². The lowest BCUT2D eigenvalue weighted by Crippen LogP contribution is -1.85. The van der Waals surface area contributed by atoms with E-state index in [2.05, 4.69) is 0 Å². The molecule has 0 bridgehead atoms. The highest BCUT2D eigenvalue weighted by Crippen LogP contribution is 2.56. The molecule has 1 aliphatic rings. The Labute approximate surface area is 65.4 Å². The van der Waals surface area contributed by atoms with E-state index in [0.717, 1.165) is 5.57 Å². The number of allylic oxidation sites excluding steroid dienone is 2. The van der Waals surface area contributed by atoms with E-state index in [1.807, 2.05) is 25.9 Å². The van der Waals surface area contributed by atoms with Gasteiger partial charge in [0.25, 0.3) is 0 Å². The first-order valence-corrected chi connectivity index (χ1v) is 3.60. The van der Waals surface area contributed by atoms with Gasteiger partial charge in [0, 0.05) is 22.4 Å². The van der Waals surface area contributed by atoms with Gasteiger partial charge in [-0.25, -0.2) is 4.79 Å². The minimum absolute atomic E-state index is 0.00708. The van der Waals surface area contributed by atoms with Crippen LogP contribution in [-0.4, -0.2) is 5.94 Å². The second-order valence-corrected chi connectivity index (χ2v) is 3.29. The first kappa shape index (κ1) is 7.59. The third-order valence-corrected chi connectivity index (χ3v) is 2.22. The second kappa shape index (κ2) is 2.26. The summed E-state index contributed by atoms with van der Waals surface area (Å²) in [7, 11) is 0. The van der Waals surface area contributed by atoms with E-state index in [-0.39, 0.29) is 11.3 Å². The van der Waals surface area contributed by atoms with Crippen LogP contribution in [0.2, 0.25) is 0 Å². The summed E-state index contributed by atoms with van der Waals surface area (Å²) in [6, 6.07) is 0. The van der Waals surface area contributed by atoms with E-state index in [1.54, 1.807) is 0 Å². The fourth-order valence-electron chi connectivity index (χ4n) is 1.19. The van der Waals surface area contributed by atoms with Crippen molar-refractivity contribution < 1.29 is 4.79 Å². The summed E-state index contributed by atoms with van der Waals surface area (Å²) in [5, 5.41) is 0. The van der Waals surface area contributed by atoms with Crippen LogP contribution in [0.1, 0.15) is 13.8 Å². The first-order chi connectivity index (χ1) is 4.64. The van der Waals surface area contributed by atoms with Crippen molar-refractivity contribution in [1.29, 1.82) is 0 Å². The molecule has 1 fully saturated rings. The molecule has 0 N–H and O–H groups in total. The van der Waals surface area contributed by atoms with Crippen LogP contribution in [0.4, 0.5) is 0 Å². The van der Waals surface area contributed by atoms with Gasteiger partial charge in [-0.2, -0.15) is 0 Å². The van der Waals surface area contributed by atoms with E-state index in [0.29, 0.717) is 0 Å². The first-order valence-electron chi connectivity index (χ1n) is 3.17. The van der Waals surface area contributed by atoms with Crippen LogP contribution in [0.15, 0.2) is 17.2 Å². The van der Waals surface area contributed by atoms with Crippen molar-refractivity contribution in [2.24, 2.45) is 11.3 Å². The van der Waals surface area contributed by atoms with Gasteiger partial charge < -0.3 is 0 Å². The fraction of sp³-hybridized carbons (Fsp3) is 0.500. The average Bonchev–Trinajstić information content (AvgIpc) is 2.36. The van der Waals surface area contributed by atoms with Crippen molar-refractivity contribution in [2.45, 2.75) is 13.8 Å². The van der Waals surface area contributed by atoms with Crippen LogP contribution < -0.4 is 0 Å². The van der Waals surface area contributed by atoms with Gasteiger partial charge in [-0.1, -0.05) is 31.5 Å². The number of carbonyl (C=O) groups excluding carboxylic acids is 1. The Hall–Kier alpha value is -0.520. The highest BCUT2D eigenvalue weighted by Gasteiger charge is 2.52. The van der Waals surface area contributed by atoms with Gasteiger partial charge in [0.15, 0.2) is 0 Å². The molecular weight excluding hydrogens is 148 g/mol. The van der Waals surface area contributed by atoms with Gasteiger partial charge >= 0.3 is 0 Å². The van der Waals surface area contributed by atoms with Gasteiger partial charge in [-0.15, -0.1) is 0 Å². The van der Waals surface area contributed by atoms with Crippen molar-refractivity contribution in [3.8, 4) is 0 Å². The Morgan fingerprint density at radius 2 is 2.30 bits per heavy atom. The molecule has 0 unspecified atom stereocenters. The average molecular weight is 157 g/mol. The Bertz CT molecular complexity index is 221. The zero-order chi connectivity index (χ0) is 7.78. The standard InChI is InChI=1S/C8H9ClO/c1-8(2)6(3-4-9)7(8)5-10/h3-4,6H,1-2H3/b4-3-/t6-/m1/s1. The summed E-state index contributed by atoms with van der Waals surface area (Å²) in [4.78, 5) is 10.2. The third-order valence-electron chi connectivity index (χ3n) is 2.07. The van der Waals surface area contributed by atoms with E-state index >= 15 is 0 Å². The van der Waals surface area contributed by atoms with E-state index in [4.69, 9.17) is 11.6 Å². The molecule has 1 atom stereocenters. The smallest absolute Gasteiger partial charge is 0.124 e. The Kier molecular flexibility index (Phi) is 1.72.